The lowest BCUT2D eigenvalue weighted by Gasteiger charge is -2.23. The molecule has 0 saturated carbocycles. The van der Waals surface area contributed by atoms with Crippen molar-refractivity contribution in [1.29, 1.82) is 0 Å². The average molecular weight is 293 g/mol. The minimum Gasteiger partial charge on any atom is -0.483 e. The molecular formula is C17H27NO3. The molecule has 0 spiro atoms. The molecule has 4 heteroatoms. The predicted octanol–water partition coefficient (Wildman–Crippen LogP) is 2.59. The highest BCUT2D eigenvalue weighted by molar-refractivity contribution is 5.77. The number of benzene rings is 1. The number of rotatable bonds is 6. The molecule has 21 heavy (non-hydrogen) atoms. The topological polar surface area (TPSA) is 49.8 Å². The van der Waals surface area contributed by atoms with Crippen LogP contribution in [0.15, 0.2) is 24.3 Å². The molecule has 1 amide bonds. The van der Waals surface area contributed by atoms with E-state index in [9.17, 15) is 9.90 Å². The van der Waals surface area contributed by atoms with Gasteiger partial charge < -0.3 is 14.7 Å². The summed E-state index contributed by atoms with van der Waals surface area (Å²) in [6.45, 7) is 8.61. The molecule has 1 rings (SSSR count). The maximum atomic E-state index is 12.0. The van der Waals surface area contributed by atoms with Crippen molar-refractivity contribution in [3.8, 4) is 5.75 Å². The van der Waals surface area contributed by atoms with Crippen LogP contribution in [0.25, 0.3) is 0 Å². The van der Waals surface area contributed by atoms with E-state index < -0.39 is 6.10 Å². The van der Waals surface area contributed by atoms with Crippen molar-refractivity contribution in [2.24, 2.45) is 0 Å². The smallest absolute Gasteiger partial charge is 0.260 e. The van der Waals surface area contributed by atoms with Crippen LogP contribution in [0.1, 0.15) is 39.7 Å². The van der Waals surface area contributed by atoms with Gasteiger partial charge in [-0.25, -0.2) is 0 Å². The third-order valence-electron chi connectivity index (χ3n) is 3.35. The average Bonchev–Trinajstić information content (AvgIpc) is 2.41. The van der Waals surface area contributed by atoms with Crippen molar-refractivity contribution in [2.45, 2.75) is 45.6 Å². The van der Waals surface area contributed by atoms with E-state index in [1.54, 1.807) is 18.9 Å². The lowest BCUT2D eigenvalue weighted by Crippen LogP contribution is -2.33. The van der Waals surface area contributed by atoms with Crippen LogP contribution in [0, 0.1) is 0 Å². The highest BCUT2D eigenvalue weighted by atomic mass is 16.5. The first-order valence-electron chi connectivity index (χ1n) is 7.36. The molecule has 0 aromatic heterocycles. The number of carbonyl (C=O) groups excluding carboxylic acids is 1. The lowest BCUT2D eigenvalue weighted by molar-refractivity contribution is -0.132. The molecule has 0 fully saturated rings. The minimum absolute atomic E-state index is 0.0173. The van der Waals surface area contributed by atoms with Gasteiger partial charge in [-0.2, -0.15) is 0 Å². The molecular weight excluding hydrogens is 266 g/mol. The molecule has 1 atom stereocenters. The Morgan fingerprint density at radius 2 is 1.95 bits per heavy atom. The Morgan fingerprint density at radius 3 is 2.52 bits per heavy atom. The number of para-hydroxylation sites is 1. The van der Waals surface area contributed by atoms with E-state index in [2.05, 4.69) is 20.8 Å². The van der Waals surface area contributed by atoms with E-state index in [0.717, 1.165) is 11.3 Å². The summed E-state index contributed by atoms with van der Waals surface area (Å²) in [6, 6.07) is 7.80. The Hall–Kier alpha value is -1.55. The maximum absolute atomic E-state index is 12.0. The molecule has 1 aromatic rings. The summed E-state index contributed by atoms with van der Waals surface area (Å²) in [4.78, 5) is 13.6. The molecule has 4 nitrogen and oxygen atoms in total. The SMILES string of the molecule is CC(O)CCN(C)C(=O)COc1ccccc1C(C)(C)C. The Kier molecular flexibility index (Phi) is 6.21. The molecule has 0 aliphatic heterocycles. The van der Waals surface area contributed by atoms with Gasteiger partial charge in [-0.3, -0.25) is 4.79 Å². The van der Waals surface area contributed by atoms with Crippen LogP contribution in [-0.4, -0.2) is 42.2 Å². The van der Waals surface area contributed by atoms with Crippen LogP contribution >= 0.6 is 0 Å². The number of amides is 1. The third kappa shape index (κ3) is 5.76. The van der Waals surface area contributed by atoms with E-state index in [0.29, 0.717) is 13.0 Å². The first-order valence-corrected chi connectivity index (χ1v) is 7.36. The van der Waals surface area contributed by atoms with Crippen LogP contribution in [0.2, 0.25) is 0 Å². The van der Waals surface area contributed by atoms with Gasteiger partial charge in [0.15, 0.2) is 6.61 Å². The Morgan fingerprint density at radius 1 is 1.33 bits per heavy atom. The number of nitrogens with zero attached hydrogens (tertiary/aromatic N) is 1. The van der Waals surface area contributed by atoms with Crippen LogP contribution in [0.4, 0.5) is 0 Å². The van der Waals surface area contributed by atoms with Gasteiger partial charge in [-0.05, 0) is 30.4 Å². The van der Waals surface area contributed by atoms with E-state index in [1.165, 1.54) is 0 Å². The predicted molar refractivity (Wildman–Crippen MR) is 84.6 cm³/mol. The summed E-state index contributed by atoms with van der Waals surface area (Å²) in [5, 5.41) is 9.25. The highest BCUT2D eigenvalue weighted by Crippen LogP contribution is 2.30. The zero-order chi connectivity index (χ0) is 16.0. The van der Waals surface area contributed by atoms with E-state index in [-0.39, 0.29) is 17.9 Å². The summed E-state index contributed by atoms with van der Waals surface area (Å²) in [5.41, 5.74) is 1.06. The molecule has 0 radical (unpaired) electrons. The Labute approximate surface area is 127 Å². The summed E-state index contributed by atoms with van der Waals surface area (Å²) >= 11 is 0. The molecule has 1 aromatic carbocycles. The minimum atomic E-state index is -0.400. The normalized spacial score (nSPS) is 12.9. The fourth-order valence-corrected chi connectivity index (χ4v) is 1.97. The monoisotopic (exact) mass is 293 g/mol. The van der Waals surface area contributed by atoms with E-state index in [4.69, 9.17) is 4.74 Å². The second-order valence-electron chi connectivity index (χ2n) is 6.49. The van der Waals surface area contributed by atoms with E-state index >= 15 is 0 Å². The highest BCUT2D eigenvalue weighted by Gasteiger charge is 2.19. The van der Waals surface area contributed by atoms with Gasteiger partial charge in [-0.15, -0.1) is 0 Å². The molecule has 0 heterocycles. The van der Waals surface area contributed by atoms with E-state index in [1.807, 2.05) is 24.3 Å². The third-order valence-corrected chi connectivity index (χ3v) is 3.35. The van der Waals surface area contributed by atoms with Crippen LogP contribution < -0.4 is 4.74 Å². The fourth-order valence-electron chi connectivity index (χ4n) is 1.97. The number of aliphatic hydroxyl groups is 1. The van der Waals surface area contributed by atoms with Crippen LogP contribution in [0.3, 0.4) is 0 Å². The van der Waals surface area contributed by atoms with Gasteiger partial charge in [0, 0.05) is 13.6 Å². The van der Waals surface area contributed by atoms with Gasteiger partial charge >= 0.3 is 0 Å². The van der Waals surface area contributed by atoms with Gasteiger partial charge in [0.05, 0.1) is 6.10 Å². The molecule has 0 aliphatic carbocycles. The summed E-state index contributed by atoms with van der Waals surface area (Å²) in [5.74, 6) is 0.668. The Balaban J connectivity index is 2.61. The van der Waals surface area contributed by atoms with Crippen LogP contribution in [0.5, 0.6) is 5.75 Å². The second-order valence-corrected chi connectivity index (χ2v) is 6.49. The van der Waals surface area contributed by atoms with Crippen molar-refractivity contribution in [3.05, 3.63) is 29.8 Å². The fraction of sp³-hybridized carbons (Fsp3) is 0.588. The molecule has 1 unspecified atom stereocenters. The van der Waals surface area contributed by atoms with Gasteiger partial charge in [0.2, 0.25) is 0 Å². The number of hydrogen-bond acceptors (Lipinski definition) is 3. The number of carbonyl (C=O) groups is 1. The zero-order valence-electron chi connectivity index (χ0n) is 13.7. The largest absolute Gasteiger partial charge is 0.483 e. The van der Waals surface area contributed by atoms with Gasteiger partial charge in [0.25, 0.3) is 5.91 Å². The quantitative estimate of drug-likeness (QED) is 0.877. The van der Waals surface area contributed by atoms with Gasteiger partial charge in [-0.1, -0.05) is 39.0 Å². The summed E-state index contributed by atoms with van der Waals surface area (Å²) < 4.78 is 5.70. The van der Waals surface area contributed by atoms with Crippen molar-refractivity contribution in [3.63, 3.8) is 0 Å². The number of aliphatic hydroxyl groups excluding tert-OH is 1. The Bertz CT molecular complexity index is 463. The first kappa shape index (κ1) is 17.5. The first-order chi connectivity index (χ1) is 9.71. The van der Waals surface area contributed by atoms with Crippen molar-refractivity contribution >= 4 is 5.91 Å². The van der Waals surface area contributed by atoms with Crippen molar-refractivity contribution in [2.75, 3.05) is 20.2 Å². The standard InChI is InChI=1S/C17H27NO3/c1-13(19)10-11-18(5)16(20)12-21-15-9-7-6-8-14(15)17(2,3)4/h6-9,13,19H,10-12H2,1-5H3. The van der Waals surface area contributed by atoms with Crippen molar-refractivity contribution in [1.82, 2.24) is 4.90 Å². The number of hydrogen-bond donors (Lipinski definition) is 1. The molecule has 0 aliphatic rings. The molecule has 1 N–H and O–H groups in total. The zero-order valence-corrected chi connectivity index (χ0v) is 13.7. The lowest BCUT2D eigenvalue weighted by atomic mass is 9.86. The number of ether oxygens (including phenoxy) is 1. The second kappa shape index (κ2) is 7.46. The van der Waals surface area contributed by atoms with Crippen LogP contribution in [-0.2, 0) is 10.2 Å². The summed E-state index contributed by atoms with van der Waals surface area (Å²) in [7, 11) is 1.73. The maximum Gasteiger partial charge on any atom is 0.260 e. The van der Waals surface area contributed by atoms with Gasteiger partial charge in [0.1, 0.15) is 5.75 Å². The molecule has 118 valence electrons. The number of likely N-dealkylation sites (N-methyl/N-ethyl adjacent to an activating group) is 1. The molecule has 0 saturated heterocycles. The molecule has 0 bridgehead atoms. The van der Waals surface area contributed by atoms with Crippen molar-refractivity contribution < 1.29 is 14.6 Å². The summed E-state index contributed by atoms with van der Waals surface area (Å²) in [6.07, 6.45) is 0.170.